The molecule has 1 unspecified atom stereocenters. The van der Waals surface area contributed by atoms with Gasteiger partial charge in [-0.1, -0.05) is 54.5 Å². The van der Waals surface area contributed by atoms with E-state index in [1.54, 1.807) is 11.1 Å². The molecule has 0 amide bonds. The van der Waals surface area contributed by atoms with Crippen molar-refractivity contribution in [3.05, 3.63) is 11.1 Å². The van der Waals surface area contributed by atoms with Gasteiger partial charge in [0.1, 0.15) is 0 Å². The quantitative estimate of drug-likeness (QED) is 0.392. The molecule has 0 heterocycles. The van der Waals surface area contributed by atoms with Gasteiger partial charge < -0.3 is 0 Å². The number of halogens is 1. The van der Waals surface area contributed by atoms with Crippen LogP contribution in [0.25, 0.3) is 0 Å². The third kappa shape index (κ3) is 2.97. The highest BCUT2D eigenvalue weighted by Crippen LogP contribution is 2.42. The van der Waals surface area contributed by atoms with Gasteiger partial charge in [-0.05, 0) is 38.0 Å². The average molecular weight is 292 g/mol. The Hall–Kier alpha value is 0.470. The molecular formula is C12H21I. The first-order valence-electron chi connectivity index (χ1n) is 5.26. The van der Waals surface area contributed by atoms with E-state index in [0.717, 1.165) is 3.92 Å². The molecule has 0 bridgehead atoms. The lowest BCUT2D eigenvalue weighted by Crippen LogP contribution is -2.21. The van der Waals surface area contributed by atoms with E-state index in [-0.39, 0.29) is 0 Å². The van der Waals surface area contributed by atoms with Crippen LogP contribution in [0, 0.1) is 5.41 Å². The van der Waals surface area contributed by atoms with E-state index >= 15 is 0 Å². The van der Waals surface area contributed by atoms with Crippen LogP contribution < -0.4 is 0 Å². The molecule has 0 spiro atoms. The van der Waals surface area contributed by atoms with E-state index in [0.29, 0.717) is 5.41 Å². The van der Waals surface area contributed by atoms with Crippen LogP contribution in [0.1, 0.15) is 53.4 Å². The summed E-state index contributed by atoms with van der Waals surface area (Å²) in [5.74, 6) is 0. The lowest BCUT2D eigenvalue weighted by Gasteiger charge is -2.35. The van der Waals surface area contributed by atoms with Crippen LogP contribution >= 0.6 is 22.6 Å². The van der Waals surface area contributed by atoms with Crippen molar-refractivity contribution in [3.63, 3.8) is 0 Å². The van der Waals surface area contributed by atoms with E-state index in [9.17, 15) is 0 Å². The molecule has 0 radical (unpaired) electrons. The molecule has 0 aromatic carbocycles. The summed E-state index contributed by atoms with van der Waals surface area (Å²) in [6, 6.07) is 0. The standard InChI is InChI=1S/C12H21I/c1-9-6-5-7-12(3,4)11(9)8-10(2)13/h10H,5-8H2,1-4H3. The van der Waals surface area contributed by atoms with Crippen molar-refractivity contribution in [1.82, 2.24) is 0 Å². The molecule has 0 saturated carbocycles. The largest absolute Gasteiger partial charge is 0.0826 e. The van der Waals surface area contributed by atoms with Gasteiger partial charge in [-0.15, -0.1) is 0 Å². The number of allylic oxidation sites excluding steroid dienone is 2. The second-order valence-electron chi connectivity index (χ2n) is 4.98. The summed E-state index contributed by atoms with van der Waals surface area (Å²) < 4.78 is 0.778. The molecule has 1 aliphatic carbocycles. The lowest BCUT2D eigenvalue weighted by molar-refractivity contribution is 0.355. The zero-order valence-corrected chi connectivity index (χ0v) is 11.4. The highest BCUT2D eigenvalue weighted by Gasteiger charge is 2.28. The van der Waals surface area contributed by atoms with Crippen molar-refractivity contribution in [2.24, 2.45) is 5.41 Å². The molecule has 76 valence electrons. The molecule has 0 aromatic rings. The molecule has 0 aliphatic heterocycles. The second-order valence-corrected chi connectivity index (χ2v) is 7.11. The van der Waals surface area contributed by atoms with Crippen molar-refractivity contribution in [3.8, 4) is 0 Å². The summed E-state index contributed by atoms with van der Waals surface area (Å²) in [7, 11) is 0. The van der Waals surface area contributed by atoms with E-state index in [2.05, 4.69) is 50.3 Å². The second kappa shape index (κ2) is 4.33. The summed E-state index contributed by atoms with van der Waals surface area (Å²) in [5, 5.41) is 0. The van der Waals surface area contributed by atoms with Gasteiger partial charge in [0.2, 0.25) is 0 Å². The monoisotopic (exact) mass is 292 g/mol. The maximum Gasteiger partial charge on any atom is 0.0119 e. The molecule has 13 heavy (non-hydrogen) atoms. The predicted octanol–water partition coefficient (Wildman–Crippen LogP) is 4.73. The molecule has 1 rings (SSSR count). The average Bonchev–Trinajstić information content (AvgIpc) is 1.96. The first kappa shape index (κ1) is 11.5. The van der Waals surface area contributed by atoms with Crippen molar-refractivity contribution < 1.29 is 0 Å². The smallest absolute Gasteiger partial charge is 0.0119 e. The van der Waals surface area contributed by atoms with Crippen molar-refractivity contribution in [2.75, 3.05) is 0 Å². The molecule has 1 atom stereocenters. The summed E-state index contributed by atoms with van der Waals surface area (Å²) in [6.07, 6.45) is 5.39. The summed E-state index contributed by atoms with van der Waals surface area (Å²) in [6.45, 7) is 9.45. The van der Waals surface area contributed by atoms with Gasteiger partial charge in [0.25, 0.3) is 0 Å². The Morgan fingerprint density at radius 1 is 1.46 bits per heavy atom. The van der Waals surface area contributed by atoms with Crippen molar-refractivity contribution in [1.29, 1.82) is 0 Å². The van der Waals surface area contributed by atoms with E-state index in [4.69, 9.17) is 0 Å². The van der Waals surface area contributed by atoms with Gasteiger partial charge in [-0.25, -0.2) is 0 Å². The first-order valence-corrected chi connectivity index (χ1v) is 6.51. The predicted molar refractivity (Wildman–Crippen MR) is 68.4 cm³/mol. The molecule has 0 N–H and O–H groups in total. The van der Waals surface area contributed by atoms with Gasteiger partial charge in [-0.3, -0.25) is 0 Å². The van der Waals surface area contributed by atoms with Crippen molar-refractivity contribution >= 4 is 22.6 Å². The molecule has 0 aromatic heterocycles. The minimum Gasteiger partial charge on any atom is -0.0826 e. The van der Waals surface area contributed by atoms with Gasteiger partial charge in [-0.2, -0.15) is 0 Å². The Kier molecular flexibility index (Phi) is 3.84. The minimum absolute atomic E-state index is 0.474. The Morgan fingerprint density at radius 2 is 2.08 bits per heavy atom. The maximum atomic E-state index is 2.54. The molecular weight excluding hydrogens is 271 g/mol. The fourth-order valence-corrected chi connectivity index (χ4v) is 2.85. The van der Waals surface area contributed by atoms with Gasteiger partial charge in [0.15, 0.2) is 0 Å². The fraction of sp³-hybridized carbons (Fsp3) is 0.833. The SMILES string of the molecule is CC1=C(CC(C)I)C(C)(C)CCC1. The number of rotatable bonds is 2. The van der Waals surface area contributed by atoms with Gasteiger partial charge >= 0.3 is 0 Å². The van der Waals surface area contributed by atoms with Crippen LogP contribution in [0.2, 0.25) is 0 Å². The third-order valence-electron chi connectivity index (χ3n) is 3.17. The highest BCUT2D eigenvalue weighted by atomic mass is 127. The van der Waals surface area contributed by atoms with Gasteiger partial charge in [0, 0.05) is 3.92 Å². The lowest BCUT2D eigenvalue weighted by atomic mass is 9.71. The zero-order chi connectivity index (χ0) is 10.1. The van der Waals surface area contributed by atoms with E-state index in [1.165, 1.54) is 25.7 Å². The molecule has 0 nitrogen and oxygen atoms in total. The molecule has 0 fully saturated rings. The normalized spacial score (nSPS) is 24.7. The van der Waals surface area contributed by atoms with Crippen molar-refractivity contribution in [2.45, 2.75) is 57.3 Å². The molecule has 0 saturated heterocycles. The number of hydrogen-bond acceptors (Lipinski definition) is 0. The minimum atomic E-state index is 0.474. The Morgan fingerprint density at radius 3 is 2.54 bits per heavy atom. The van der Waals surface area contributed by atoms with Crippen LogP contribution in [0.4, 0.5) is 0 Å². The maximum absolute atomic E-state index is 2.54. The van der Waals surface area contributed by atoms with Crippen LogP contribution in [-0.4, -0.2) is 3.92 Å². The summed E-state index contributed by atoms with van der Waals surface area (Å²) >= 11 is 2.54. The topological polar surface area (TPSA) is 0 Å². The Balaban J connectivity index is 2.85. The van der Waals surface area contributed by atoms with Crippen LogP contribution in [0.15, 0.2) is 11.1 Å². The van der Waals surface area contributed by atoms with E-state index in [1.807, 2.05) is 0 Å². The Labute approximate surface area is 96.3 Å². The molecule has 1 heteroatoms. The summed E-state index contributed by atoms with van der Waals surface area (Å²) in [5.41, 5.74) is 3.88. The molecule has 1 aliphatic rings. The Bertz CT molecular complexity index is 211. The fourth-order valence-electron chi connectivity index (χ4n) is 2.41. The highest BCUT2D eigenvalue weighted by molar-refractivity contribution is 14.1. The number of hydrogen-bond donors (Lipinski definition) is 0. The van der Waals surface area contributed by atoms with E-state index < -0.39 is 0 Å². The zero-order valence-electron chi connectivity index (χ0n) is 9.28. The van der Waals surface area contributed by atoms with Crippen LogP contribution in [0.3, 0.4) is 0 Å². The van der Waals surface area contributed by atoms with Crippen LogP contribution in [-0.2, 0) is 0 Å². The summed E-state index contributed by atoms with van der Waals surface area (Å²) in [4.78, 5) is 0. The van der Waals surface area contributed by atoms with Crippen LogP contribution in [0.5, 0.6) is 0 Å². The first-order chi connectivity index (χ1) is 5.93. The number of alkyl halides is 1. The van der Waals surface area contributed by atoms with Gasteiger partial charge in [0.05, 0.1) is 0 Å². The third-order valence-corrected chi connectivity index (χ3v) is 3.61.